The maximum absolute atomic E-state index is 11.7. The molecule has 4 rings (SSSR count). The van der Waals surface area contributed by atoms with E-state index in [-0.39, 0.29) is 5.41 Å². The molecular formula is C17H14O2. The lowest BCUT2D eigenvalue weighted by Crippen LogP contribution is -2.27. The fourth-order valence-electron chi connectivity index (χ4n) is 3.61. The third-order valence-electron chi connectivity index (χ3n) is 4.57. The lowest BCUT2D eigenvalue weighted by atomic mass is 9.70. The maximum Gasteiger partial charge on any atom is 0.315 e. The van der Waals surface area contributed by atoms with Crippen LogP contribution >= 0.6 is 0 Å². The van der Waals surface area contributed by atoms with Crippen LogP contribution in [-0.4, -0.2) is 11.1 Å². The third-order valence-corrected chi connectivity index (χ3v) is 4.57. The highest BCUT2D eigenvalue weighted by atomic mass is 16.4. The van der Waals surface area contributed by atoms with Crippen LogP contribution in [0.4, 0.5) is 0 Å². The topological polar surface area (TPSA) is 37.3 Å². The number of carboxylic acids is 1. The van der Waals surface area contributed by atoms with E-state index in [9.17, 15) is 9.90 Å². The molecule has 1 spiro atoms. The van der Waals surface area contributed by atoms with Crippen molar-refractivity contribution in [3.05, 3.63) is 70.8 Å². The fraction of sp³-hybridized carbons (Fsp3) is 0.235. The van der Waals surface area contributed by atoms with E-state index in [1.165, 1.54) is 11.1 Å². The summed E-state index contributed by atoms with van der Waals surface area (Å²) in [5.41, 5.74) is 4.50. The SMILES string of the molecule is O=C(O)C1c2ccccc2C2(CC2)c2ccccc21. The molecule has 1 saturated carbocycles. The first kappa shape index (κ1) is 10.8. The largest absolute Gasteiger partial charge is 0.481 e. The zero-order valence-electron chi connectivity index (χ0n) is 10.5. The molecule has 2 aromatic rings. The Morgan fingerprint density at radius 3 is 1.84 bits per heavy atom. The Balaban J connectivity index is 2.06. The van der Waals surface area contributed by atoms with Crippen molar-refractivity contribution in [1.82, 2.24) is 0 Å². The molecule has 0 aromatic heterocycles. The van der Waals surface area contributed by atoms with Crippen LogP contribution in [0.3, 0.4) is 0 Å². The second kappa shape index (κ2) is 3.47. The summed E-state index contributed by atoms with van der Waals surface area (Å²) in [5.74, 6) is -1.27. The number of fused-ring (bicyclic) bond motifs is 4. The number of carboxylic acid groups (broad SMARTS) is 1. The van der Waals surface area contributed by atoms with E-state index < -0.39 is 11.9 Å². The number of benzene rings is 2. The number of hydrogen-bond donors (Lipinski definition) is 1. The molecule has 19 heavy (non-hydrogen) atoms. The highest BCUT2D eigenvalue weighted by Gasteiger charge is 2.52. The van der Waals surface area contributed by atoms with Gasteiger partial charge in [-0.2, -0.15) is 0 Å². The summed E-state index contributed by atoms with van der Waals surface area (Å²) in [6.45, 7) is 0. The summed E-state index contributed by atoms with van der Waals surface area (Å²) >= 11 is 0. The van der Waals surface area contributed by atoms with E-state index in [4.69, 9.17) is 0 Å². The van der Waals surface area contributed by atoms with Crippen molar-refractivity contribution in [2.45, 2.75) is 24.2 Å². The van der Waals surface area contributed by atoms with E-state index >= 15 is 0 Å². The van der Waals surface area contributed by atoms with Crippen LogP contribution in [0.25, 0.3) is 0 Å². The normalized spacial score (nSPS) is 18.7. The minimum absolute atomic E-state index is 0.0964. The van der Waals surface area contributed by atoms with Crippen LogP contribution in [0, 0.1) is 0 Å². The highest BCUT2D eigenvalue weighted by molar-refractivity contribution is 5.84. The molecule has 2 aliphatic rings. The average molecular weight is 250 g/mol. The Labute approximate surface area is 111 Å². The lowest BCUT2D eigenvalue weighted by Gasteiger charge is -2.32. The number of carbonyl (C=O) groups is 1. The molecule has 0 heterocycles. The average Bonchev–Trinajstić information content (AvgIpc) is 3.21. The standard InChI is InChI=1S/C17H14O2/c18-16(19)15-11-5-1-3-7-13(11)17(9-10-17)14-8-4-2-6-12(14)15/h1-8,15H,9-10H2,(H,18,19). The van der Waals surface area contributed by atoms with Crippen LogP contribution in [0.1, 0.15) is 41.0 Å². The maximum atomic E-state index is 11.7. The molecule has 2 heteroatoms. The summed E-state index contributed by atoms with van der Waals surface area (Å²) in [6, 6.07) is 16.1. The van der Waals surface area contributed by atoms with Crippen LogP contribution in [-0.2, 0) is 10.2 Å². The fourth-order valence-corrected chi connectivity index (χ4v) is 3.61. The first-order valence-electron chi connectivity index (χ1n) is 6.66. The molecule has 2 aromatic carbocycles. The molecule has 0 aliphatic heterocycles. The van der Waals surface area contributed by atoms with Crippen molar-refractivity contribution in [3.8, 4) is 0 Å². The monoisotopic (exact) mass is 250 g/mol. The molecule has 0 saturated heterocycles. The molecule has 1 N–H and O–H groups in total. The highest BCUT2D eigenvalue weighted by Crippen LogP contribution is 2.60. The van der Waals surface area contributed by atoms with E-state index in [2.05, 4.69) is 12.1 Å². The van der Waals surface area contributed by atoms with Crippen molar-refractivity contribution >= 4 is 5.97 Å². The molecule has 2 aliphatic carbocycles. The van der Waals surface area contributed by atoms with Gasteiger partial charge in [-0.25, -0.2) is 0 Å². The minimum Gasteiger partial charge on any atom is -0.481 e. The van der Waals surface area contributed by atoms with E-state index in [1.807, 2.05) is 36.4 Å². The summed E-state index contributed by atoms with van der Waals surface area (Å²) in [6.07, 6.45) is 2.26. The second-order valence-electron chi connectivity index (χ2n) is 5.53. The van der Waals surface area contributed by atoms with Crippen LogP contribution in [0.5, 0.6) is 0 Å². The molecule has 0 radical (unpaired) electrons. The molecular weight excluding hydrogens is 236 g/mol. The van der Waals surface area contributed by atoms with Gasteiger partial charge in [-0.05, 0) is 35.1 Å². The predicted molar refractivity (Wildman–Crippen MR) is 72.4 cm³/mol. The van der Waals surface area contributed by atoms with Crippen molar-refractivity contribution in [2.75, 3.05) is 0 Å². The van der Waals surface area contributed by atoms with Crippen molar-refractivity contribution in [3.63, 3.8) is 0 Å². The number of rotatable bonds is 1. The Hall–Kier alpha value is -2.09. The molecule has 0 bridgehead atoms. The number of hydrogen-bond acceptors (Lipinski definition) is 1. The van der Waals surface area contributed by atoms with Gasteiger partial charge in [-0.1, -0.05) is 48.5 Å². The van der Waals surface area contributed by atoms with E-state index in [0.717, 1.165) is 24.0 Å². The zero-order chi connectivity index (χ0) is 13.0. The minimum atomic E-state index is -0.754. The van der Waals surface area contributed by atoms with Gasteiger partial charge in [-0.15, -0.1) is 0 Å². The lowest BCUT2D eigenvalue weighted by molar-refractivity contribution is -0.137. The quantitative estimate of drug-likeness (QED) is 0.843. The smallest absolute Gasteiger partial charge is 0.315 e. The molecule has 0 amide bonds. The van der Waals surface area contributed by atoms with Gasteiger partial charge in [0.25, 0.3) is 0 Å². The van der Waals surface area contributed by atoms with Gasteiger partial charge in [0.2, 0.25) is 0 Å². The van der Waals surface area contributed by atoms with E-state index in [0.29, 0.717) is 0 Å². The Kier molecular flexibility index (Phi) is 1.97. The van der Waals surface area contributed by atoms with Gasteiger partial charge in [0, 0.05) is 5.41 Å². The summed E-state index contributed by atoms with van der Waals surface area (Å²) in [7, 11) is 0. The Morgan fingerprint density at radius 1 is 0.947 bits per heavy atom. The predicted octanol–water partition coefficient (Wildman–Crippen LogP) is 3.30. The van der Waals surface area contributed by atoms with Crippen LogP contribution < -0.4 is 0 Å². The Bertz CT molecular complexity index is 634. The van der Waals surface area contributed by atoms with Gasteiger partial charge >= 0.3 is 5.97 Å². The Morgan fingerprint density at radius 2 is 1.42 bits per heavy atom. The van der Waals surface area contributed by atoms with Gasteiger partial charge < -0.3 is 5.11 Å². The molecule has 2 nitrogen and oxygen atoms in total. The molecule has 0 unspecified atom stereocenters. The zero-order valence-corrected chi connectivity index (χ0v) is 10.5. The van der Waals surface area contributed by atoms with E-state index in [1.54, 1.807) is 0 Å². The summed E-state index contributed by atoms with van der Waals surface area (Å²) in [4.78, 5) is 11.7. The van der Waals surface area contributed by atoms with Crippen molar-refractivity contribution in [2.24, 2.45) is 0 Å². The third kappa shape index (κ3) is 1.29. The number of aliphatic carboxylic acids is 1. The molecule has 0 atom stereocenters. The van der Waals surface area contributed by atoms with Gasteiger partial charge in [0.1, 0.15) is 5.92 Å². The first-order valence-corrected chi connectivity index (χ1v) is 6.66. The van der Waals surface area contributed by atoms with Gasteiger partial charge in [-0.3, -0.25) is 4.79 Å². The van der Waals surface area contributed by atoms with Crippen molar-refractivity contribution in [1.29, 1.82) is 0 Å². The molecule has 94 valence electrons. The van der Waals surface area contributed by atoms with Gasteiger partial charge in [0.15, 0.2) is 0 Å². The van der Waals surface area contributed by atoms with Crippen LogP contribution in [0.2, 0.25) is 0 Å². The molecule has 1 fully saturated rings. The second-order valence-corrected chi connectivity index (χ2v) is 5.53. The van der Waals surface area contributed by atoms with Crippen LogP contribution in [0.15, 0.2) is 48.5 Å². The summed E-state index contributed by atoms with van der Waals surface area (Å²) < 4.78 is 0. The summed E-state index contributed by atoms with van der Waals surface area (Å²) in [5, 5.41) is 9.62. The van der Waals surface area contributed by atoms with Crippen molar-refractivity contribution < 1.29 is 9.90 Å². The first-order chi connectivity index (χ1) is 9.24. The van der Waals surface area contributed by atoms with Gasteiger partial charge in [0.05, 0.1) is 0 Å².